The molecule has 1 aromatic rings. The van der Waals surface area contributed by atoms with Crippen LogP contribution in [-0.2, 0) is 16.0 Å². The predicted octanol–water partition coefficient (Wildman–Crippen LogP) is 3.33. The lowest BCUT2D eigenvalue weighted by Gasteiger charge is -2.06. The number of thioether (sulfide) groups is 1. The van der Waals surface area contributed by atoms with E-state index >= 15 is 0 Å². The number of benzene rings is 1. The van der Waals surface area contributed by atoms with Crippen molar-refractivity contribution in [2.75, 3.05) is 39.2 Å². The van der Waals surface area contributed by atoms with Gasteiger partial charge < -0.3 is 14.8 Å². The van der Waals surface area contributed by atoms with Gasteiger partial charge in [-0.3, -0.25) is 0 Å². The predicted molar refractivity (Wildman–Crippen MR) is 86.5 cm³/mol. The maximum absolute atomic E-state index is 5.54. The van der Waals surface area contributed by atoms with E-state index in [1.54, 1.807) is 7.11 Å². The third-order valence-electron chi connectivity index (χ3n) is 2.81. The van der Waals surface area contributed by atoms with E-state index in [4.69, 9.17) is 9.47 Å². The molecule has 1 rings (SSSR count). The minimum absolute atomic E-state index is 0.778. The molecule has 114 valence electrons. The van der Waals surface area contributed by atoms with Crippen LogP contribution in [0.3, 0.4) is 0 Å². The molecule has 20 heavy (non-hydrogen) atoms. The van der Waals surface area contributed by atoms with E-state index in [1.165, 1.54) is 16.9 Å². The molecule has 0 aromatic heterocycles. The fraction of sp³-hybridized carbons (Fsp3) is 0.625. The Kier molecular flexibility index (Phi) is 10.7. The van der Waals surface area contributed by atoms with Gasteiger partial charge in [0.25, 0.3) is 0 Å². The second-order valence-electron chi connectivity index (χ2n) is 4.63. The van der Waals surface area contributed by atoms with E-state index < -0.39 is 0 Å². The molecule has 1 aromatic carbocycles. The van der Waals surface area contributed by atoms with Crippen molar-refractivity contribution in [3.05, 3.63) is 29.8 Å². The summed E-state index contributed by atoms with van der Waals surface area (Å²) in [7, 11) is 1.72. The van der Waals surface area contributed by atoms with Crippen molar-refractivity contribution in [3.8, 4) is 0 Å². The molecule has 0 aliphatic carbocycles. The largest absolute Gasteiger partial charge is 0.385 e. The first kappa shape index (κ1) is 17.5. The summed E-state index contributed by atoms with van der Waals surface area (Å²) < 4.78 is 10.5. The Bertz CT molecular complexity index is 330. The highest BCUT2D eigenvalue weighted by atomic mass is 32.2. The maximum atomic E-state index is 5.54. The van der Waals surface area contributed by atoms with Gasteiger partial charge in [-0.15, -0.1) is 11.8 Å². The smallest absolute Gasteiger partial charge is 0.0560 e. The van der Waals surface area contributed by atoms with Crippen molar-refractivity contribution in [2.45, 2.75) is 31.2 Å². The van der Waals surface area contributed by atoms with Gasteiger partial charge in [0, 0.05) is 37.5 Å². The average molecular weight is 297 g/mol. The highest BCUT2D eigenvalue weighted by Crippen LogP contribution is 2.18. The minimum Gasteiger partial charge on any atom is -0.385 e. The fourth-order valence-corrected chi connectivity index (χ4v) is 2.50. The molecule has 0 amide bonds. The summed E-state index contributed by atoms with van der Waals surface area (Å²) in [6, 6.07) is 8.78. The van der Waals surface area contributed by atoms with Crippen LogP contribution in [0.15, 0.2) is 29.2 Å². The minimum atomic E-state index is 0.778. The molecular formula is C16H27NO2S. The summed E-state index contributed by atoms with van der Waals surface area (Å²) >= 11 is 1.84. The van der Waals surface area contributed by atoms with E-state index in [1.807, 2.05) is 11.8 Å². The third kappa shape index (κ3) is 8.59. The first-order valence-corrected chi connectivity index (χ1v) is 8.34. The van der Waals surface area contributed by atoms with Crippen molar-refractivity contribution in [1.82, 2.24) is 5.32 Å². The van der Waals surface area contributed by atoms with Crippen LogP contribution in [0.4, 0.5) is 0 Å². The molecule has 0 radical (unpaired) electrons. The fourth-order valence-electron chi connectivity index (χ4n) is 1.74. The molecule has 0 fully saturated rings. The lowest BCUT2D eigenvalue weighted by Crippen LogP contribution is -2.13. The van der Waals surface area contributed by atoms with E-state index in [-0.39, 0.29) is 0 Å². The standard InChI is InChI=1S/C16H27NO2S/c1-3-9-17-14-15-5-7-16(8-6-15)20-13-12-19-11-4-10-18-2/h5-8,17H,3-4,9-14H2,1-2H3. The van der Waals surface area contributed by atoms with Gasteiger partial charge in [-0.05, 0) is 37.1 Å². The van der Waals surface area contributed by atoms with Crippen molar-refractivity contribution >= 4 is 11.8 Å². The number of nitrogens with one attached hydrogen (secondary N) is 1. The lowest BCUT2D eigenvalue weighted by atomic mass is 10.2. The van der Waals surface area contributed by atoms with Crippen LogP contribution in [0.2, 0.25) is 0 Å². The van der Waals surface area contributed by atoms with Crippen molar-refractivity contribution < 1.29 is 9.47 Å². The highest BCUT2D eigenvalue weighted by molar-refractivity contribution is 7.99. The topological polar surface area (TPSA) is 30.5 Å². The van der Waals surface area contributed by atoms with Crippen LogP contribution in [0.1, 0.15) is 25.3 Å². The SMILES string of the molecule is CCCNCc1ccc(SCCOCCCOC)cc1. The molecule has 0 saturated heterocycles. The van der Waals surface area contributed by atoms with Gasteiger partial charge in [0.05, 0.1) is 6.61 Å². The van der Waals surface area contributed by atoms with Gasteiger partial charge >= 0.3 is 0 Å². The normalized spacial score (nSPS) is 10.9. The van der Waals surface area contributed by atoms with Crippen LogP contribution < -0.4 is 5.32 Å². The van der Waals surface area contributed by atoms with Gasteiger partial charge in [-0.1, -0.05) is 19.1 Å². The Labute approximate surface area is 127 Å². The molecule has 0 bridgehead atoms. The second kappa shape index (κ2) is 12.2. The van der Waals surface area contributed by atoms with Crippen LogP contribution in [-0.4, -0.2) is 39.2 Å². The molecule has 0 spiro atoms. The zero-order valence-corrected chi connectivity index (χ0v) is 13.5. The van der Waals surface area contributed by atoms with Crippen LogP contribution in [0.5, 0.6) is 0 Å². The third-order valence-corrected chi connectivity index (χ3v) is 3.79. The van der Waals surface area contributed by atoms with Gasteiger partial charge in [0.15, 0.2) is 0 Å². The summed E-state index contributed by atoms with van der Waals surface area (Å²) in [5.41, 5.74) is 1.35. The summed E-state index contributed by atoms with van der Waals surface area (Å²) in [4.78, 5) is 1.31. The number of rotatable bonds is 12. The van der Waals surface area contributed by atoms with Crippen LogP contribution >= 0.6 is 11.8 Å². The Morgan fingerprint density at radius 2 is 1.90 bits per heavy atom. The molecule has 1 N–H and O–H groups in total. The van der Waals surface area contributed by atoms with Gasteiger partial charge in [0.1, 0.15) is 0 Å². The number of hydrogen-bond donors (Lipinski definition) is 1. The Hall–Kier alpha value is -0.550. The lowest BCUT2D eigenvalue weighted by molar-refractivity contribution is 0.113. The van der Waals surface area contributed by atoms with E-state index in [2.05, 4.69) is 36.5 Å². The summed E-state index contributed by atoms with van der Waals surface area (Å²) in [6.45, 7) is 6.59. The molecule has 4 heteroatoms. The van der Waals surface area contributed by atoms with Gasteiger partial charge in [-0.2, -0.15) is 0 Å². The summed E-state index contributed by atoms with van der Waals surface area (Å²) in [5, 5.41) is 3.41. The van der Waals surface area contributed by atoms with E-state index in [0.29, 0.717) is 0 Å². The monoisotopic (exact) mass is 297 g/mol. The van der Waals surface area contributed by atoms with E-state index in [9.17, 15) is 0 Å². The number of ether oxygens (including phenoxy) is 2. The molecule has 0 saturated carbocycles. The van der Waals surface area contributed by atoms with Crippen molar-refractivity contribution in [1.29, 1.82) is 0 Å². The van der Waals surface area contributed by atoms with Crippen LogP contribution in [0, 0.1) is 0 Å². The highest BCUT2D eigenvalue weighted by Gasteiger charge is 1.96. The maximum Gasteiger partial charge on any atom is 0.0560 e. The van der Waals surface area contributed by atoms with Crippen LogP contribution in [0.25, 0.3) is 0 Å². The Morgan fingerprint density at radius 1 is 1.10 bits per heavy atom. The van der Waals surface area contributed by atoms with Crippen molar-refractivity contribution in [2.24, 2.45) is 0 Å². The molecule has 0 aliphatic heterocycles. The van der Waals surface area contributed by atoms with Crippen molar-refractivity contribution in [3.63, 3.8) is 0 Å². The van der Waals surface area contributed by atoms with E-state index in [0.717, 1.165) is 45.1 Å². The quantitative estimate of drug-likeness (QED) is 0.473. The Balaban J connectivity index is 2.08. The second-order valence-corrected chi connectivity index (χ2v) is 5.80. The molecule has 3 nitrogen and oxygen atoms in total. The molecule has 0 heterocycles. The number of methoxy groups -OCH3 is 1. The average Bonchev–Trinajstić information content (AvgIpc) is 2.48. The summed E-state index contributed by atoms with van der Waals surface area (Å²) in [6.07, 6.45) is 2.15. The molecule has 0 atom stereocenters. The zero-order chi connectivity index (χ0) is 14.5. The molecule has 0 unspecified atom stereocenters. The number of hydrogen-bond acceptors (Lipinski definition) is 4. The molecule has 0 aliphatic rings. The first-order valence-electron chi connectivity index (χ1n) is 7.36. The Morgan fingerprint density at radius 3 is 2.60 bits per heavy atom. The van der Waals surface area contributed by atoms with Gasteiger partial charge in [0.2, 0.25) is 0 Å². The molecular weight excluding hydrogens is 270 g/mol. The first-order chi connectivity index (χ1) is 9.86. The van der Waals surface area contributed by atoms with Gasteiger partial charge in [-0.25, -0.2) is 0 Å². The summed E-state index contributed by atoms with van der Waals surface area (Å²) in [5.74, 6) is 1.00. The zero-order valence-electron chi connectivity index (χ0n) is 12.7.